The second-order valence-electron chi connectivity index (χ2n) is 16.4. The summed E-state index contributed by atoms with van der Waals surface area (Å²) in [6.07, 6.45) is 7.24. The molecule has 12 rings (SSSR count). The van der Waals surface area contributed by atoms with Crippen LogP contribution < -0.4 is 9.80 Å². The third-order valence-electron chi connectivity index (χ3n) is 13.3. The smallest absolute Gasteiger partial charge is 0.0713 e. The normalized spacial score (nSPS) is 16.7. The van der Waals surface area contributed by atoms with E-state index in [0.29, 0.717) is 0 Å². The van der Waals surface area contributed by atoms with E-state index >= 15 is 0 Å². The Morgan fingerprint density at radius 2 is 1.05 bits per heavy atom. The lowest BCUT2D eigenvalue weighted by atomic mass is 9.67. The number of rotatable bonds is 7. The molecule has 0 radical (unpaired) electrons. The molecule has 3 aliphatic rings. The number of benzene rings is 9. The fourth-order valence-electron chi connectivity index (χ4n) is 10.7. The summed E-state index contributed by atoms with van der Waals surface area (Å²) in [4.78, 5) is 4.98. The van der Waals surface area contributed by atoms with Gasteiger partial charge in [0.05, 0.1) is 17.1 Å². The maximum Gasteiger partial charge on any atom is 0.0713 e. The molecule has 288 valence electrons. The molecular formula is C59H42N2. The number of nitrogens with zero attached hydrogens (tertiary/aromatic N) is 2. The van der Waals surface area contributed by atoms with Crippen LogP contribution in [0.1, 0.15) is 33.7 Å². The third-order valence-corrected chi connectivity index (χ3v) is 13.3. The van der Waals surface area contributed by atoms with Crippen LogP contribution in [0.4, 0.5) is 22.7 Å². The van der Waals surface area contributed by atoms with Crippen LogP contribution in [0.5, 0.6) is 0 Å². The molecule has 0 bridgehead atoms. The Morgan fingerprint density at radius 3 is 1.80 bits per heavy atom. The van der Waals surface area contributed by atoms with E-state index in [2.05, 4.69) is 252 Å². The lowest BCUT2D eigenvalue weighted by Crippen LogP contribution is -2.31. The van der Waals surface area contributed by atoms with Gasteiger partial charge in [-0.1, -0.05) is 188 Å². The van der Waals surface area contributed by atoms with Crippen LogP contribution in [0.25, 0.3) is 33.0 Å². The molecule has 0 N–H and O–H groups in total. The average molecular weight is 779 g/mol. The zero-order valence-electron chi connectivity index (χ0n) is 33.6. The minimum absolute atomic E-state index is 0.126. The van der Waals surface area contributed by atoms with Crippen LogP contribution in [-0.4, -0.2) is 6.04 Å². The molecule has 1 aliphatic heterocycles. The van der Waals surface area contributed by atoms with Crippen molar-refractivity contribution in [2.75, 3.05) is 9.80 Å². The molecule has 9 aromatic rings. The lowest BCUT2D eigenvalue weighted by molar-refractivity contribution is 0.735. The number of anilines is 4. The topological polar surface area (TPSA) is 6.48 Å². The fourth-order valence-corrected chi connectivity index (χ4v) is 10.7. The summed E-state index contributed by atoms with van der Waals surface area (Å²) in [6.45, 7) is 0. The van der Waals surface area contributed by atoms with Gasteiger partial charge in [-0.05, 0) is 110 Å². The van der Waals surface area contributed by atoms with Crippen LogP contribution >= 0.6 is 0 Å². The van der Waals surface area contributed by atoms with E-state index in [1.807, 2.05) is 0 Å². The SMILES string of the molecule is C1=CC2c3ccccc3N(c3ccccc3)C2C=C1N(c1ccccc1)c1ccc(-c2ccc3c(c2)C(c2ccccc2)(c2ccccc2)c2ccccc2-3)c2ccccc12. The second-order valence-corrected chi connectivity index (χ2v) is 16.4. The molecule has 0 spiro atoms. The molecule has 0 saturated heterocycles. The van der Waals surface area contributed by atoms with Gasteiger partial charge in [-0.3, -0.25) is 0 Å². The van der Waals surface area contributed by atoms with Crippen molar-refractivity contribution in [2.24, 2.45) is 0 Å². The quantitative estimate of drug-likeness (QED) is 0.159. The summed E-state index contributed by atoms with van der Waals surface area (Å²) in [5, 5.41) is 2.43. The molecule has 2 aliphatic carbocycles. The van der Waals surface area contributed by atoms with Crippen LogP contribution in [0.2, 0.25) is 0 Å². The molecule has 2 nitrogen and oxygen atoms in total. The number of allylic oxidation sites excluding steroid dienone is 1. The Hall–Kier alpha value is -7.68. The standard InChI is InChI=1S/C59H42N2/c1-5-19-42(20-6-1)59(43-21-7-2-8-22-43)54-31-17-15-28-49(54)50-35-33-41(39-55(50)59)47-37-38-57(51-29-14-13-27-48(47)51)60(44-23-9-3-10-24-44)46-34-36-53-52-30-16-18-32-56(52)61(58(53)40-46)45-25-11-4-12-26-45/h1-40,53,58H. The molecule has 0 amide bonds. The van der Waals surface area contributed by atoms with Gasteiger partial charge in [-0.15, -0.1) is 0 Å². The largest absolute Gasteiger partial charge is 0.333 e. The molecule has 1 heterocycles. The van der Waals surface area contributed by atoms with Crippen LogP contribution in [-0.2, 0) is 5.41 Å². The first-order chi connectivity index (χ1) is 30.3. The maximum absolute atomic E-state index is 2.52. The molecule has 2 unspecified atom stereocenters. The Kier molecular flexibility index (Phi) is 8.24. The van der Waals surface area contributed by atoms with E-state index in [0.717, 1.165) is 17.1 Å². The van der Waals surface area contributed by atoms with Crippen molar-refractivity contribution in [3.8, 4) is 22.3 Å². The van der Waals surface area contributed by atoms with E-state index in [1.54, 1.807) is 0 Å². The minimum Gasteiger partial charge on any atom is -0.333 e. The van der Waals surface area contributed by atoms with E-state index in [9.17, 15) is 0 Å². The van der Waals surface area contributed by atoms with Crippen LogP contribution in [0.3, 0.4) is 0 Å². The van der Waals surface area contributed by atoms with Gasteiger partial charge in [-0.25, -0.2) is 0 Å². The van der Waals surface area contributed by atoms with Crippen LogP contribution in [0.15, 0.2) is 248 Å². The number of hydrogen-bond acceptors (Lipinski definition) is 2. The zero-order valence-corrected chi connectivity index (χ0v) is 33.6. The molecule has 2 heteroatoms. The Bertz CT molecular complexity index is 3110. The van der Waals surface area contributed by atoms with Gasteiger partial charge in [0, 0.05) is 34.1 Å². The summed E-state index contributed by atoms with van der Waals surface area (Å²) in [5.74, 6) is 0.252. The van der Waals surface area contributed by atoms with Crippen molar-refractivity contribution < 1.29 is 0 Å². The van der Waals surface area contributed by atoms with Crippen molar-refractivity contribution in [1.82, 2.24) is 0 Å². The average Bonchev–Trinajstić information content (AvgIpc) is 3.83. The highest BCUT2D eigenvalue weighted by molar-refractivity contribution is 6.06. The highest BCUT2D eigenvalue weighted by Gasteiger charge is 2.46. The summed E-state index contributed by atoms with van der Waals surface area (Å²) < 4.78 is 0. The highest BCUT2D eigenvalue weighted by atomic mass is 15.2. The lowest BCUT2D eigenvalue weighted by Gasteiger charge is -2.34. The monoisotopic (exact) mass is 778 g/mol. The van der Waals surface area contributed by atoms with Gasteiger partial charge in [0.2, 0.25) is 0 Å². The summed E-state index contributed by atoms with van der Waals surface area (Å²) >= 11 is 0. The van der Waals surface area contributed by atoms with Gasteiger partial charge < -0.3 is 9.80 Å². The minimum atomic E-state index is -0.463. The Balaban J connectivity index is 1.03. The van der Waals surface area contributed by atoms with Crippen LogP contribution in [0, 0.1) is 0 Å². The maximum atomic E-state index is 2.52. The first kappa shape index (κ1) is 35.3. The molecule has 9 aromatic carbocycles. The van der Waals surface area contributed by atoms with Gasteiger partial charge in [0.25, 0.3) is 0 Å². The predicted molar refractivity (Wildman–Crippen MR) is 254 cm³/mol. The second kappa shape index (κ2) is 14.3. The first-order valence-electron chi connectivity index (χ1n) is 21.3. The van der Waals surface area contributed by atoms with Crippen molar-refractivity contribution in [3.05, 3.63) is 276 Å². The Labute approximate surface area is 357 Å². The zero-order chi connectivity index (χ0) is 40.3. The highest BCUT2D eigenvalue weighted by Crippen LogP contribution is 2.57. The molecule has 0 fully saturated rings. The van der Waals surface area contributed by atoms with Crippen molar-refractivity contribution in [1.29, 1.82) is 0 Å². The fraction of sp³-hybridized carbons (Fsp3) is 0.0508. The molecule has 0 aromatic heterocycles. The van der Waals surface area contributed by atoms with Gasteiger partial charge >= 0.3 is 0 Å². The van der Waals surface area contributed by atoms with E-state index in [-0.39, 0.29) is 12.0 Å². The van der Waals surface area contributed by atoms with Gasteiger partial charge in [0.15, 0.2) is 0 Å². The Morgan fingerprint density at radius 1 is 0.459 bits per heavy atom. The van der Waals surface area contributed by atoms with E-state index in [4.69, 9.17) is 0 Å². The molecule has 2 atom stereocenters. The third kappa shape index (κ3) is 5.42. The number of hydrogen-bond donors (Lipinski definition) is 0. The summed E-state index contributed by atoms with van der Waals surface area (Å²) in [6, 6.07) is 82.7. The van der Waals surface area contributed by atoms with Gasteiger partial charge in [-0.2, -0.15) is 0 Å². The predicted octanol–water partition coefficient (Wildman–Crippen LogP) is 14.8. The molecule has 61 heavy (non-hydrogen) atoms. The van der Waals surface area contributed by atoms with Gasteiger partial charge in [0.1, 0.15) is 0 Å². The van der Waals surface area contributed by atoms with Crippen molar-refractivity contribution in [2.45, 2.75) is 17.4 Å². The number of para-hydroxylation sites is 3. The first-order valence-corrected chi connectivity index (χ1v) is 21.3. The van der Waals surface area contributed by atoms with E-state index in [1.165, 1.54) is 72.2 Å². The van der Waals surface area contributed by atoms with Crippen molar-refractivity contribution in [3.63, 3.8) is 0 Å². The number of fused-ring (bicyclic) bond motifs is 7. The molecule has 0 saturated carbocycles. The van der Waals surface area contributed by atoms with Crippen molar-refractivity contribution >= 4 is 33.5 Å². The summed E-state index contributed by atoms with van der Waals surface area (Å²) in [7, 11) is 0. The summed E-state index contributed by atoms with van der Waals surface area (Å²) in [5.41, 5.74) is 17.0. The van der Waals surface area contributed by atoms with E-state index < -0.39 is 5.41 Å². The molecular weight excluding hydrogens is 737 g/mol.